The van der Waals surface area contributed by atoms with Crippen molar-refractivity contribution >= 4 is 27.3 Å². The minimum atomic E-state index is -0.197. The molecule has 0 aliphatic carbocycles. The molecule has 0 N–H and O–H groups in total. The molecule has 0 atom stereocenters. The van der Waals surface area contributed by atoms with E-state index in [9.17, 15) is 4.39 Å². The van der Waals surface area contributed by atoms with Crippen LogP contribution in [-0.4, -0.2) is 6.54 Å². The Labute approximate surface area is 115 Å². The Morgan fingerprint density at radius 2 is 1.83 bits per heavy atom. The van der Waals surface area contributed by atoms with Gasteiger partial charge in [-0.15, -0.1) is 0 Å². The fraction of sp³-hybridized carbons (Fsp3) is 0.200. The van der Waals surface area contributed by atoms with Gasteiger partial charge in [-0.2, -0.15) is 0 Å². The zero-order valence-electron chi connectivity index (χ0n) is 10.2. The molecule has 0 fully saturated rings. The van der Waals surface area contributed by atoms with E-state index < -0.39 is 0 Å². The van der Waals surface area contributed by atoms with Crippen LogP contribution in [-0.2, 0) is 5.33 Å². The highest BCUT2D eigenvalue weighted by atomic mass is 79.9. The summed E-state index contributed by atoms with van der Waals surface area (Å²) >= 11 is 3.42. The zero-order valence-corrected chi connectivity index (χ0v) is 11.8. The highest BCUT2D eigenvalue weighted by Crippen LogP contribution is 2.30. The van der Waals surface area contributed by atoms with Crippen molar-refractivity contribution in [1.82, 2.24) is 0 Å². The third-order valence-electron chi connectivity index (χ3n) is 2.86. The molecule has 0 saturated carbocycles. The van der Waals surface area contributed by atoms with Crippen LogP contribution in [0.5, 0.6) is 0 Å². The van der Waals surface area contributed by atoms with Gasteiger partial charge >= 0.3 is 0 Å². The molecule has 0 aliphatic rings. The summed E-state index contributed by atoms with van der Waals surface area (Å²) in [5.41, 5.74) is 3.12. The molecule has 2 rings (SSSR count). The number of halogens is 2. The second-order valence-corrected chi connectivity index (χ2v) is 4.55. The fourth-order valence-electron chi connectivity index (χ4n) is 2.02. The van der Waals surface area contributed by atoms with E-state index in [4.69, 9.17) is 0 Å². The van der Waals surface area contributed by atoms with E-state index in [1.54, 1.807) is 6.07 Å². The Balaban J connectivity index is 2.45. The van der Waals surface area contributed by atoms with E-state index in [0.717, 1.165) is 23.5 Å². The number of anilines is 2. The van der Waals surface area contributed by atoms with Gasteiger partial charge in [-0.05, 0) is 42.8 Å². The molecule has 0 amide bonds. The number of alkyl halides is 1. The van der Waals surface area contributed by atoms with E-state index in [-0.39, 0.29) is 5.82 Å². The molecule has 0 bridgehead atoms. The third-order valence-corrected chi connectivity index (χ3v) is 3.46. The fourth-order valence-corrected chi connectivity index (χ4v) is 2.47. The quantitative estimate of drug-likeness (QED) is 0.728. The largest absolute Gasteiger partial charge is 0.342 e. The SMILES string of the molecule is CCN(c1ccccc1)c1ccc(F)cc1CBr. The number of rotatable bonds is 4. The molecule has 0 aliphatic heterocycles. The first-order valence-corrected chi connectivity index (χ1v) is 7.05. The van der Waals surface area contributed by atoms with Crippen molar-refractivity contribution in [3.8, 4) is 0 Å². The van der Waals surface area contributed by atoms with Crippen LogP contribution >= 0.6 is 15.9 Å². The Kier molecular flexibility index (Phi) is 4.37. The summed E-state index contributed by atoms with van der Waals surface area (Å²) in [4.78, 5) is 2.18. The zero-order chi connectivity index (χ0) is 13.0. The van der Waals surface area contributed by atoms with Crippen molar-refractivity contribution in [3.05, 3.63) is 59.9 Å². The van der Waals surface area contributed by atoms with E-state index >= 15 is 0 Å². The van der Waals surface area contributed by atoms with Crippen molar-refractivity contribution in [2.24, 2.45) is 0 Å². The van der Waals surface area contributed by atoms with Gasteiger partial charge in [0, 0.05) is 23.2 Å². The smallest absolute Gasteiger partial charge is 0.123 e. The van der Waals surface area contributed by atoms with Gasteiger partial charge in [0.15, 0.2) is 0 Å². The first kappa shape index (κ1) is 13.1. The van der Waals surface area contributed by atoms with E-state index in [2.05, 4.69) is 39.9 Å². The van der Waals surface area contributed by atoms with Crippen LogP contribution in [0.3, 0.4) is 0 Å². The van der Waals surface area contributed by atoms with Crippen molar-refractivity contribution in [3.63, 3.8) is 0 Å². The summed E-state index contributed by atoms with van der Waals surface area (Å²) in [6, 6.07) is 15.1. The Bertz CT molecular complexity index is 513. The molecule has 2 aromatic rings. The van der Waals surface area contributed by atoms with Gasteiger partial charge in [0.2, 0.25) is 0 Å². The van der Waals surface area contributed by atoms with Crippen LogP contribution in [0.4, 0.5) is 15.8 Å². The second-order valence-electron chi connectivity index (χ2n) is 3.99. The molecule has 3 heteroatoms. The topological polar surface area (TPSA) is 3.24 Å². The molecule has 0 spiro atoms. The lowest BCUT2D eigenvalue weighted by Crippen LogP contribution is -2.17. The number of nitrogens with zero attached hydrogens (tertiary/aromatic N) is 1. The lowest BCUT2D eigenvalue weighted by atomic mass is 10.1. The molecule has 0 unspecified atom stereocenters. The molecule has 2 aromatic carbocycles. The van der Waals surface area contributed by atoms with Crippen molar-refractivity contribution in [1.29, 1.82) is 0 Å². The number of para-hydroxylation sites is 1. The highest BCUT2D eigenvalue weighted by Gasteiger charge is 2.11. The first-order chi connectivity index (χ1) is 8.76. The maximum Gasteiger partial charge on any atom is 0.123 e. The van der Waals surface area contributed by atoms with Crippen LogP contribution in [0.25, 0.3) is 0 Å². The van der Waals surface area contributed by atoms with E-state index in [1.165, 1.54) is 6.07 Å². The summed E-state index contributed by atoms with van der Waals surface area (Å²) in [6.45, 7) is 2.93. The summed E-state index contributed by atoms with van der Waals surface area (Å²) in [5.74, 6) is -0.197. The van der Waals surface area contributed by atoms with Crippen molar-refractivity contribution < 1.29 is 4.39 Å². The van der Waals surface area contributed by atoms with Crippen LogP contribution in [0.2, 0.25) is 0 Å². The summed E-state index contributed by atoms with van der Waals surface area (Å²) in [7, 11) is 0. The molecule has 0 radical (unpaired) electrons. The van der Waals surface area contributed by atoms with Crippen molar-refractivity contribution in [2.75, 3.05) is 11.4 Å². The van der Waals surface area contributed by atoms with E-state index in [0.29, 0.717) is 5.33 Å². The Morgan fingerprint density at radius 3 is 2.44 bits per heavy atom. The van der Waals surface area contributed by atoms with Gasteiger partial charge in [-0.25, -0.2) is 4.39 Å². The molecule has 18 heavy (non-hydrogen) atoms. The minimum Gasteiger partial charge on any atom is -0.342 e. The molecule has 1 nitrogen and oxygen atoms in total. The molecule has 0 saturated heterocycles. The minimum absolute atomic E-state index is 0.197. The molecule has 0 aromatic heterocycles. The monoisotopic (exact) mass is 307 g/mol. The van der Waals surface area contributed by atoms with Gasteiger partial charge < -0.3 is 4.90 Å². The van der Waals surface area contributed by atoms with Crippen LogP contribution in [0.15, 0.2) is 48.5 Å². The lowest BCUT2D eigenvalue weighted by molar-refractivity contribution is 0.626. The maximum atomic E-state index is 13.3. The van der Waals surface area contributed by atoms with Crippen LogP contribution in [0.1, 0.15) is 12.5 Å². The number of benzene rings is 2. The number of hydrogen-bond donors (Lipinski definition) is 0. The summed E-state index contributed by atoms with van der Waals surface area (Å²) in [6.07, 6.45) is 0. The molecular weight excluding hydrogens is 293 g/mol. The maximum absolute atomic E-state index is 13.3. The Hall–Kier alpha value is -1.35. The summed E-state index contributed by atoms with van der Waals surface area (Å²) < 4.78 is 13.3. The van der Waals surface area contributed by atoms with Crippen LogP contribution in [0, 0.1) is 5.82 Å². The lowest BCUT2D eigenvalue weighted by Gasteiger charge is -2.25. The summed E-state index contributed by atoms with van der Waals surface area (Å²) in [5, 5.41) is 0.642. The van der Waals surface area contributed by atoms with Gasteiger partial charge in [-0.3, -0.25) is 0 Å². The Morgan fingerprint density at radius 1 is 1.11 bits per heavy atom. The first-order valence-electron chi connectivity index (χ1n) is 5.93. The van der Waals surface area contributed by atoms with Crippen LogP contribution < -0.4 is 4.90 Å². The predicted molar refractivity (Wildman–Crippen MR) is 78.2 cm³/mol. The molecule has 94 valence electrons. The van der Waals surface area contributed by atoms with Crippen molar-refractivity contribution in [2.45, 2.75) is 12.3 Å². The second kappa shape index (κ2) is 6.01. The normalized spacial score (nSPS) is 10.4. The van der Waals surface area contributed by atoms with Gasteiger partial charge in [0.05, 0.1) is 0 Å². The van der Waals surface area contributed by atoms with Gasteiger partial charge in [0.25, 0.3) is 0 Å². The van der Waals surface area contributed by atoms with Gasteiger partial charge in [0.1, 0.15) is 5.82 Å². The molecule has 0 heterocycles. The average molecular weight is 308 g/mol. The average Bonchev–Trinajstić information content (AvgIpc) is 2.42. The number of hydrogen-bond acceptors (Lipinski definition) is 1. The third kappa shape index (κ3) is 2.72. The molecular formula is C15H15BrFN. The highest BCUT2D eigenvalue weighted by molar-refractivity contribution is 9.08. The van der Waals surface area contributed by atoms with E-state index in [1.807, 2.05) is 24.3 Å². The standard InChI is InChI=1S/C15H15BrFN/c1-2-18(14-6-4-3-5-7-14)15-9-8-13(17)10-12(15)11-16/h3-10H,2,11H2,1H3. The van der Waals surface area contributed by atoms with Gasteiger partial charge in [-0.1, -0.05) is 34.1 Å². The predicted octanol–water partition coefficient (Wildman–Crippen LogP) is 4.88.